The third kappa shape index (κ3) is 3.96. The first-order valence-electron chi connectivity index (χ1n) is 9.43. The van der Waals surface area contributed by atoms with Gasteiger partial charge in [-0.15, -0.1) is 0 Å². The zero-order chi connectivity index (χ0) is 19.5. The fraction of sp³-hybridized carbons (Fsp3) is 0.167. The predicted molar refractivity (Wildman–Crippen MR) is 112 cm³/mol. The number of hydrogen-bond donors (Lipinski definition) is 1. The summed E-state index contributed by atoms with van der Waals surface area (Å²) in [5.41, 5.74) is 5.44. The van der Waals surface area contributed by atoms with Crippen LogP contribution in [0.3, 0.4) is 0 Å². The molecule has 140 valence electrons. The molecule has 4 rings (SSSR count). The highest BCUT2D eigenvalue weighted by atomic mass is 16.3. The van der Waals surface area contributed by atoms with Crippen molar-refractivity contribution in [3.8, 4) is 0 Å². The lowest BCUT2D eigenvalue weighted by Crippen LogP contribution is -2.11. The number of nitrogens with zero attached hydrogens (tertiary/aromatic N) is 1. The molecule has 4 nitrogen and oxygen atoms in total. The molecule has 1 aromatic heterocycles. The summed E-state index contributed by atoms with van der Waals surface area (Å²) >= 11 is 0. The summed E-state index contributed by atoms with van der Waals surface area (Å²) < 4.78 is 5.88. The maximum Gasteiger partial charge on any atom is 0.255 e. The van der Waals surface area contributed by atoms with Crippen molar-refractivity contribution in [1.29, 1.82) is 0 Å². The zero-order valence-electron chi connectivity index (χ0n) is 16.0. The molecular formula is C24H22N2O2. The van der Waals surface area contributed by atoms with Gasteiger partial charge in [0.2, 0.25) is 0 Å². The Balaban J connectivity index is 1.46. The number of amides is 1. The Morgan fingerprint density at radius 1 is 1.00 bits per heavy atom. The number of nitrogens with one attached hydrogen (secondary N) is 1. The van der Waals surface area contributed by atoms with Crippen LogP contribution < -0.4 is 5.32 Å². The second kappa shape index (κ2) is 7.69. The minimum absolute atomic E-state index is 0.117. The van der Waals surface area contributed by atoms with Gasteiger partial charge >= 0.3 is 0 Å². The van der Waals surface area contributed by atoms with Gasteiger partial charge < -0.3 is 9.73 Å². The van der Waals surface area contributed by atoms with Crippen molar-refractivity contribution >= 4 is 22.7 Å². The van der Waals surface area contributed by atoms with Crippen molar-refractivity contribution in [3.63, 3.8) is 0 Å². The molecule has 0 aliphatic rings. The Bertz CT molecular complexity index is 1100. The van der Waals surface area contributed by atoms with E-state index in [0.717, 1.165) is 22.4 Å². The fourth-order valence-electron chi connectivity index (χ4n) is 3.10. The summed E-state index contributed by atoms with van der Waals surface area (Å²) in [4.78, 5) is 16.9. The molecule has 0 bridgehead atoms. The van der Waals surface area contributed by atoms with Gasteiger partial charge in [0.25, 0.3) is 5.91 Å². The number of benzene rings is 3. The molecule has 0 atom stereocenters. The predicted octanol–water partition coefficient (Wildman–Crippen LogP) is 5.79. The van der Waals surface area contributed by atoms with Gasteiger partial charge in [-0.3, -0.25) is 4.79 Å². The average Bonchev–Trinajstić information content (AvgIpc) is 3.11. The Morgan fingerprint density at radius 3 is 2.46 bits per heavy atom. The van der Waals surface area contributed by atoms with E-state index in [9.17, 15) is 4.79 Å². The lowest BCUT2D eigenvalue weighted by molar-refractivity contribution is 0.102. The summed E-state index contributed by atoms with van der Waals surface area (Å²) in [7, 11) is 0. The number of anilines is 1. The molecule has 0 fully saturated rings. The van der Waals surface area contributed by atoms with Crippen LogP contribution in [0.25, 0.3) is 11.1 Å². The Labute approximate surface area is 164 Å². The second-order valence-corrected chi connectivity index (χ2v) is 7.18. The standard InChI is InChI=1S/C24H22N2O2/c1-16(2)19-10-13-22-21(15-19)26-23(28-22)14-17-8-11-20(12-9-17)25-24(27)18-6-4-3-5-7-18/h3-13,15-16H,14H2,1-2H3,(H,25,27). The number of fused-ring (bicyclic) bond motifs is 1. The third-order valence-corrected chi connectivity index (χ3v) is 4.73. The van der Waals surface area contributed by atoms with E-state index in [1.807, 2.05) is 48.5 Å². The van der Waals surface area contributed by atoms with Crippen molar-refractivity contribution in [1.82, 2.24) is 4.98 Å². The number of carbonyl (C=O) groups is 1. The Hall–Kier alpha value is -3.40. The molecule has 1 N–H and O–H groups in total. The SMILES string of the molecule is CC(C)c1ccc2oc(Cc3ccc(NC(=O)c4ccccc4)cc3)nc2c1. The molecule has 1 amide bonds. The fourth-order valence-corrected chi connectivity index (χ4v) is 3.10. The smallest absolute Gasteiger partial charge is 0.255 e. The van der Waals surface area contributed by atoms with E-state index in [2.05, 4.69) is 36.3 Å². The van der Waals surface area contributed by atoms with Gasteiger partial charge in [-0.1, -0.05) is 50.2 Å². The Morgan fingerprint density at radius 2 is 1.75 bits per heavy atom. The molecule has 4 aromatic rings. The molecule has 0 saturated heterocycles. The first-order valence-corrected chi connectivity index (χ1v) is 9.43. The van der Waals surface area contributed by atoms with Crippen LogP contribution in [-0.2, 0) is 6.42 Å². The van der Waals surface area contributed by atoms with Crippen LogP contribution >= 0.6 is 0 Å². The number of carbonyl (C=O) groups excluding carboxylic acids is 1. The van der Waals surface area contributed by atoms with E-state index in [-0.39, 0.29) is 5.91 Å². The molecule has 1 heterocycles. The molecule has 0 unspecified atom stereocenters. The van der Waals surface area contributed by atoms with Crippen molar-refractivity contribution < 1.29 is 9.21 Å². The monoisotopic (exact) mass is 370 g/mol. The van der Waals surface area contributed by atoms with Crippen LogP contribution in [0.1, 0.15) is 47.1 Å². The number of hydrogen-bond acceptors (Lipinski definition) is 3. The first-order chi connectivity index (χ1) is 13.6. The largest absolute Gasteiger partial charge is 0.440 e. The van der Waals surface area contributed by atoms with Crippen LogP contribution in [0, 0.1) is 0 Å². The topological polar surface area (TPSA) is 55.1 Å². The van der Waals surface area contributed by atoms with Crippen molar-refractivity contribution in [3.05, 3.63) is 95.4 Å². The summed E-state index contributed by atoms with van der Waals surface area (Å²) in [5, 5.41) is 2.91. The number of aromatic nitrogens is 1. The Kier molecular flexibility index (Phi) is 4.94. The van der Waals surface area contributed by atoms with Crippen LogP contribution in [0.4, 0.5) is 5.69 Å². The van der Waals surface area contributed by atoms with Crippen molar-refractivity contribution in [2.45, 2.75) is 26.2 Å². The zero-order valence-corrected chi connectivity index (χ0v) is 16.0. The number of rotatable bonds is 5. The van der Waals surface area contributed by atoms with Gasteiger partial charge in [-0.25, -0.2) is 4.98 Å². The molecule has 28 heavy (non-hydrogen) atoms. The van der Waals surface area contributed by atoms with E-state index in [4.69, 9.17) is 4.42 Å². The van der Waals surface area contributed by atoms with Gasteiger partial charge in [0.1, 0.15) is 5.52 Å². The summed E-state index contributed by atoms with van der Waals surface area (Å²) in [6, 6.07) is 23.1. The van der Waals surface area contributed by atoms with Crippen LogP contribution in [0.2, 0.25) is 0 Å². The second-order valence-electron chi connectivity index (χ2n) is 7.18. The summed E-state index contributed by atoms with van der Waals surface area (Å²) in [6.07, 6.45) is 0.610. The minimum Gasteiger partial charge on any atom is -0.440 e. The van der Waals surface area contributed by atoms with Crippen molar-refractivity contribution in [2.24, 2.45) is 0 Å². The minimum atomic E-state index is -0.117. The molecular weight excluding hydrogens is 348 g/mol. The van der Waals surface area contributed by atoms with Gasteiger partial charge in [0.15, 0.2) is 11.5 Å². The van der Waals surface area contributed by atoms with Gasteiger partial charge in [0, 0.05) is 17.7 Å². The number of oxazole rings is 1. The highest BCUT2D eigenvalue weighted by molar-refractivity contribution is 6.04. The highest BCUT2D eigenvalue weighted by Gasteiger charge is 2.10. The molecule has 0 radical (unpaired) electrons. The molecule has 0 spiro atoms. The van der Waals surface area contributed by atoms with Gasteiger partial charge in [-0.2, -0.15) is 0 Å². The maximum absolute atomic E-state index is 12.2. The van der Waals surface area contributed by atoms with Gasteiger partial charge in [-0.05, 0) is 53.4 Å². The summed E-state index contributed by atoms with van der Waals surface area (Å²) in [6.45, 7) is 4.33. The first kappa shape index (κ1) is 18.0. The lowest BCUT2D eigenvalue weighted by atomic mass is 10.0. The molecule has 4 heteroatoms. The van der Waals surface area contributed by atoms with E-state index < -0.39 is 0 Å². The van der Waals surface area contributed by atoms with E-state index in [1.54, 1.807) is 12.1 Å². The van der Waals surface area contributed by atoms with Gasteiger partial charge in [0.05, 0.1) is 0 Å². The third-order valence-electron chi connectivity index (χ3n) is 4.73. The van der Waals surface area contributed by atoms with E-state index in [1.165, 1.54) is 5.56 Å². The van der Waals surface area contributed by atoms with E-state index in [0.29, 0.717) is 23.8 Å². The maximum atomic E-state index is 12.2. The molecule has 3 aromatic carbocycles. The average molecular weight is 370 g/mol. The molecule has 0 aliphatic heterocycles. The quantitative estimate of drug-likeness (QED) is 0.483. The van der Waals surface area contributed by atoms with Crippen LogP contribution in [-0.4, -0.2) is 10.9 Å². The molecule has 0 saturated carbocycles. The molecule has 0 aliphatic carbocycles. The lowest BCUT2D eigenvalue weighted by Gasteiger charge is -2.06. The normalized spacial score (nSPS) is 11.1. The summed E-state index contributed by atoms with van der Waals surface area (Å²) in [5.74, 6) is 1.04. The highest BCUT2D eigenvalue weighted by Crippen LogP contribution is 2.23. The van der Waals surface area contributed by atoms with Crippen LogP contribution in [0.15, 0.2) is 77.2 Å². The van der Waals surface area contributed by atoms with Crippen LogP contribution in [0.5, 0.6) is 0 Å². The van der Waals surface area contributed by atoms with E-state index >= 15 is 0 Å². The van der Waals surface area contributed by atoms with Crippen molar-refractivity contribution in [2.75, 3.05) is 5.32 Å².